The number of aromatic nitrogens is 2. The van der Waals surface area contributed by atoms with Gasteiger partial charge in [-0.05, 0) is 18.2 Å². The van der Waals surface area contributed by atoms with E-state index >= 15 is 0 Å². The average Bonchev–Trinajstić information content (AvgIpc) is 3.17. The number of amidine groups is 1. The Morgan fingerprint density at radius 3 is 2.71 bits per heavy atom. The molecule has 0 amide bonds. The Hall–Kier alpha value is -3.41. The minimum absolute atomic E-state index is 0.196. The first-order valence-electron chi connectivity index (χ1n) is 7.46. The number of nitrogens with one attached hydrogen (secondary N) is 1. The molecule has 6 heteroatoms. The zero-order chi connectivity index (χ0) is 16.5. The van der Waals surface area contributed by atoms with E-state index in [-0.39, 0.29) is 6.02 Å². The van der Waals surface area contributed by atoms with Gasteiger partial charge in [-0.15, -0.1) is 0 Å². The van der Waals surface area contributed by atoms with Crippen molar-refractivity contribution in [3.05, 3.63) is 66.1 Å². The smallest absolute Gasteiger partial charge is 0.362 e. The second-order valence-corrected chi connectivity index (χ2v) is 5.24. The Balaban J connectivity index is 1.92. The van der Waals surface area contributed by atoms with Crippen LogP contribution in [0.2, 0.25) is 0 Å². The van der Waals surface area contributed by atoms with Gasteiger partial charge in [0, 0.05) is 18.8 Å². The first kappa shape index (κ1) is 14.2. The lowest BCUT2D eigenvalue weighted by molar-refractivity contribution is -0.129. The number of cyclic esters (lactones) is 1. The van der Waals surface area contributed by atoms with Crippen molar-refractivity contribution in [3.63, 3.8) is 0 Å². The number of nitrogens with zero attached hydrogens (tertiary/aromatic N) is 3. The van der Waals surface area contributed by atoms with E-state index in [2.05, 4.69) is 10.3 Å². The monoisotopic (exact) mass is 318 g/mol. The summed E-state index contributed by atoms with van der Waals surface area (Å²) in [6.07, 6.45) is 3.65. The van der Waals surface area contributed by atoms with Crippen LogP contribution in [0.3, 0.4) is 0 Å². The average molecular weight is 318 g/mol. The van der Waals surface area contributed by atoms with Crippen molar-refractivity contribution in [2.75, 3.05) is 7.05 Å². The lowest BCUT2D eigenvalue weighted by Gasteiger charge is -2.01. The van der Waals surface area contributed by atoms with Crippen LogP contribution in [-0.4, -0.2) is 28.4 Å². The molecule has 4 rings (SSSR count). The second kappa shape index (κ2) is 5.66. The fourth-order valence-corrected chi connectivity index (χ4v) is 2.63. The normalized spacial score (nSPS) is 17.5. The van der Waals surface area contributed by atoms with E-state index in [1.54, 1.807) is 13.1 Å². The lowest BCUT2D eigenvalue weighted by atomic mass is 10.1. The van der Waals surface area contributed by atoms with Gasteiger partial charge in [-0.3, -0.25) is 4.40 Å². The summed E-state index contributed by atoms with van der Waals surface area (Å²) in [6, 6.07) is 15.8. The SMILES string of the molecule is CN=C1N/C(=C\c2c(-c3ccccc3)nc3ccccn23)C(=O)O1. The van der Waals surface area contributed by atoms with E-state index in [0.29, 0.717) is 5.70 Å². The highest BCUT2D eigenvalue weighted by Gasteiger charge is 2.25. The predicted molar refractivity (Wildman–Crippen MR) is 91.2 cm³/mol. The Labute approximate surface area is 138 Å². The zero-order valence-corrected chi connectivity index (χ0v) is 12.9. The van der Waals surface area contributed by atoms with Gasteiger partial charge in [0.2, 0.25) is 0 Å². The molecule has 1 fully saturated rings. The van der Waals surface area contributed by atoms with Crippen molar-refractivity contribution in [3.8, 4) is 11.3 Å². The van der Waals surface area contributed by atoms with Crippen LogP contribution in [0.1, 0.15) is 5.69 Å². The van der Waals surface area contributed by atoms with E-state index < -0.39 is 5.97 Å². The molecule has 0 bridgehead atoms. The van der Waals surface area contributed by atoms with Gasteiger partial charge in [-0.1, -0.05) is 36.4 Å². The molecule has 1 aliphatic rings. The molecule has 0 spiro atoms. The van der Waals surface area contributed by atoms with Crippen molar-refractivity contribution < 1.29 is 9.53 Å². The molecule has 1 saturated heterocycles. The first-order valence-corrected chi connectivity index (χ1v) is 7.46. The van der Waals surface area contributed by atoms with Crippen LogP contribution < -0.4 is 5.32 Å². The van der Waals surface area contributed by atoms with Gasteiger partial charge in [0.15, 0.2) is 0 Å². The molecular weight excluding hydrogens is 304 g/mol. The summed E-state index contributed by atoms with van der Waals surface area (Å²) < 4.78 is 6.97. The Bertz CT molecular complexity index is 987. The number of carbonyl (C=O) groups is 1. The molecule has 0 radical (unpaired) electrons. The topological polar surface area (TPSA) is 68.0 Å². The number of carbonyl (C=O) groups excluding carboxylic acids is 1. The molecular formula is C18H14N4O2. The molecule has 2 aromatic heterocycles. The highest BCUT2D eigenvalue weighted by molar-refractivity contribution is 6.08. The van der Waals surface area contributed by atoms with Gasteiger partial charge in [0.05, 0.1) is 11.4 Å². The van der Waals surface area contributed by atoms with E-state index in [4.69, 9.17) is 9.72 Å². The molecule has 0 atom stereocenters. The number of ether oxygens (including phenoxy) is 1. The Morgan fingerprint density at radius 1 is 1.17 bits per heavy atom. The maximum atomic E-state index is 12.0. The highest BCUT2D eigenvalue weighted by atomic mass is 16.6. The molecule has 0 unspecified atom stereocenters. The van der Waals surface area contributed by atoms with E-state index in [0.717, 1.165) is 22.6 Å². The van der Waals surface area contributed by atoms with E-state index in [9.17, 15) is 4.79 Å². The molecule has 3 heterocycles. The number of rotatable bonds is 2. The van der Waals surface area contributed by atoms with Gasteiger partial charge in [0.25, 0.3) is 6.02 Å². The third-order valence-electron chi connectivity index (χ3n) is 3.75. The molecule has 1 aliphatic heterocycles. The molecule has 3 aromatic rings. The standard InChI is InChI=1S/C18H14N4O2/c1-19-18-20-13(17(23)24-18)11-14-16(12-7-3-2-4-8-12)21-15-9-5-6-10-22(14)15/h2-11H,1H3,(H,19,20)/b13-11-. The molecule has 118 valence electrons. The van der Waals surface area contributed by atoms with E-state index in [1.807, 2.05) is 59.1 Å². The van der Waals surface area contributed by atoms with Crippen LogP contribution in [0.15, 0.2) is 65.4 Å². The number of benzene rings is 1. The summed E-state index contributed by atoms with van der Waals surface area (Å²) in [5.41, 5.74) is 3.71. The number of hydrogen-bond donors (Lipinski definition) is 1. The number of pyridine rings is 1. The minimum atomic E-state index is -0.458. The summed E-state index contributed by atoms with van der Waals surface area (Å²) >= 11 is 0. The molecule has 6 nitrogen and oxygen atoms in total. The lowest BCUT2D eigenvalue weighted by Crippen LogP contribution is -2.13. The van der Waals surface area contributed by atoms with Gasteiger partial charge in [-0.2, -0.15) is 0 Å². The molecule has 0 saturated carbocycles. The number of hydrogen-bond acceptors (Lipinski definition) is 4. The fraction of sp³-hybridized carbons (Fsp3) is 0.0556. The summed E-state index contributed by atoms with van der Waals surface area (Å²) in [7, 11) is 1.56. The van der Waals surface area contributed by atoms with Crippen LogP contribution in [0.4, 0.5) is 0 Å². The largest absolute Gasteiger partial charge is 0.388 e. The van der Waals surface area contributed by atoms with Crippen LogP contribution in [0.5, 0.6) is 0 Å². The second-order valence-electron chi connectivity index (χ2n) is 5.24. The van der Waals surface area contributed by atoms with Gasteiger partial charge in [0.1, 0.15) is 11.3 Å². The summed E-state index contributed by atoms with van der Waals surface area (Å²) in [6.45, 7) is 0. The van der Waals surface area contributed by atoms with Crippen molar-refractivity contribution in [2.24, 2.45) is 4.99 Å². The minimum Gasteiger partial charge on any atom is -0.388 e. The summed E-state index contributed by atoms with van der Waals surface area (Å²) in [5.74, 6) is -0.458. The number of esters is 1. The third-order valence-corrected chi connectivity index (χ3v) is 3.75. The van der Waals surface area contributed by atoms with Crippen LogP contribution in [0, 0.1) is 0 Å². The van der Waals surface area contributed by atoms with E-state index in [1.165, 1.54) is 0 Å². The maximum absolute atomic E-state index is 12.0. The van der Waals surface area contributed by atoms with Crippen molar-refractivity contribution in [1.82, 2.24) is 14.7 Å². The quantitative estimate of drug-likeness (QED) is 0.582. The van der Waals surface area contributed by atoms with Gasteiger partial charge >= 0.3 is 5.97 Å². The van der Waals surface area contributed by atoms with Gasteiger partial charge in [-0.25, -0.2) is 14.8 Å². The van der Waals surface area contributed by atoms with Crippen LogP contribution in [-0.2, 0) is 9.53 Å². The highest BCUT2D eigenvalue weighted by Crippen LogP contribution is 2.26. The van der Waals surface area contributed by atoms with Crippen LogP contribution >= 0.6 is 0 Å². The molecule has 1 aromatic carbocycles. The number of fused-ring (bicyclic) bond motifs is 1. The Morgan fingerprint density at radius 2 is 1.96 bits per heavy atom. The molecule has 24 heavy (non-hydrogen) atoms. The predicted octanol–water partition coefficient (Wildman–Crippen LogP) is 2.47. The van der Waals surface area contributed by atoms with Crippen molar-refractivity contribution in [2.45, 2.75) is 0 Å². The maximum Gasteiger partial charge on any atom is 0.362 e. The number of aliphatic imine (C=N–C) groups is 1. The zero-order valence-electron chi connectivity index (χ0n) is 12.9. The molecule has 0 aliphatic carbocycles. The summed E-state index contributed by atoms with van der Waals surface area (Å²) in [5, 5.41) is 2.87. The Kier molecular flexibility index (Phi) is 3.35. The first-order chi connectivity index (χ1) is 11.8. The third kappa shape index (κ3) is 2.34. The summed E-state index contributed by atoms with van der Waals surface area (Å²) in [4.78, 5) is 20.5. The van der Waals surface area contributed by atoms with Crippen molar-refractivity contribution in [1.29, 1.82) is 0 Å². The van der Waals surface area contributed by atoms with Crippen molar-refractivity contribution >= 4 is 23.7 Å². The molecule has 1 N–H and O–H groups in total. The van der Waals surface area contributed by atoms with Crippen LogP contribution in [0.25, 0.3) is 23.0 Å². The number of imidazole rings is 1. The fourth-order valence-electron chi connectivity index (χ4n) is 2.63. The van der Waals surface area contributed by atoms with Gasteiger partial charge < -0.3 is 10.1 Å².